The molecule has 0 bridgehead atoms. The van der Waals surface area contributed by atoms with Crippen LogP contribution in [0.1, 0.15) is 24.8 Å². The van der Waals surface area contributed by atoms with Gasteiger partial charge in [0.25, 0.3) is 0 Å². The van der Waals surface area contributed by atoms with Crippen LogP contribution in [0.5, 0.6) is 0 Å². The van der Waals surface area contributed by atoms with Gasteiger partial charge in [0, 0.05) is 32.8 Å². The molecule has 2 saturated heterocycles. The fourth-order valence-corrected chi connectivity index (χ4v) is 3.91. The number of carboxylic acids is 1. The van der Waals surface area contributed by atoms with Crippen LogP contribution in [0, 0.1) is 11.3 Å². The number of benzene rings is 1. The van der Waals surface area contributed by atoms with Gasteiger partial charge in [-0.25, -0.2) is 0 Å². The molecule has 0 saturated carbocycles. The molecule has 2 unspecified atom stereocenters. The van der Waals surface area contributed by atoms with E-state index in [1.165, 1.54) is 5.56 Å². The first-order valence-electron chi connectivity index (χ1n) is 7.76. The number of likely N-dealkylation sites (tertiary alicyclic amines) is 1. The van der Waals surface area contributed by atoms with Crippen molar-refractivity contribution < 1.29 is 14.6 Å². The predicted octanol–water partition coefficient (Wildman–Crippen LogP) is 2.39. The summed E-state index contributed by atoms with van der Waals surface area (Å²) in [5.74, 6) is -0.907. The van der Waals surface area contributed by atoms with Gasteiger partial charge in [0.05, 0.1) is 5.92 Å². The Balaban J connectivity index is 1.76. The lowest BCUT2D eigenvalue weighted by Crippen LogP contribution is -2.35. The number of carbonyl (C=O) groups is 1. The number of hydrogen-bond acceptors (Lipinski definition) is 3. The number of rotatable bonds is 3. The first-order valence-corrected chi connectivity index (χ1v) is 7.76. The summed E-state index contributed by atoms with van der Waals surface area (Å²) < 4.78 is 5.55. The van der Waals surface area contributed by atoms with Gasteiger partial charge in [-0.2, -0.15) is 0 Å². The molecule has 4 heteroatoms. The molecule has 2 fully saturated rings. The van der Waals surface area contributed by atoms with Crippen molar-refractivity contribution in [3.8, 4) is 0 Å². The first-order chi connectivity index (χ1) is 10.2. The molecule has 2 aliphatic rings. The Morgan fingerprint density at radius 1 is 1.29 bits per heavy atom. The Labute approximate surface area is 125 Å². The SMILES string of the molecule is O=C(O)C1CN(Cc2ccccc2)CC12CCCOCC2. The van der Waals surface area contributed by atoms with Crippen LogP contribution >= 0.6 is 0 Å². The first kappa shape index (κ1) is 14.5. The zero-order chi connectivity index (χ0) is 14.7. The fraction of sp³-hybridized carbons (Fsp3) is 0.588. The molecule has 4 nitrogen and oxygen atoms in total. The summed E-state index contributed by atoms with van der Waals surface area (Å²) in [7, 11) is 0. The average molecular weight is 289 g/mol. The third kappa shape index (κ3) is 3.11. The van der Waals surface area contributed by atoms with E-state index in [1.807, 2.05) is 18.2 Å². The highest BCUT2D eigenvalue weighted by Gasteiger charge is 2.49. The van der Waals surface area contributed by atoms with Crippen LogP contribution in [0.3, 0.4) is 0 Å². The summed E-state index contributed by atoms with van der Waals surface area (Å²) in [5.41, 5.74) is 1.15. The van der Waals surface area contributed by atoms with Gasteiger partial charge in [-0.05, 0) is 30.2 Å². The lowest BCUT2D eigenvalue weighted by atomic mass is 9.72. The molecule has 1 aromatic rings. The molecule has 1 N–H and O–H groups in total. The quantitative estimate of drug-likeness (QED) is 0.928. The van der Waals surface area contributed by atoms with E-state index in [-0.39, 0.29) is 11.3 Å². The molecule has 21 heavy (non-hydrogen) atoms. The second-order valence-corrected chi connectivity index (χ2v) is 6.37. The minimum atomic E-state index is -0.646. The van der Waals surface area contributed by atoms with Crippen molar-refractivity contribution in [2.75, 3.05) is 26.3 Å². The van der Waals surface area contributed by atoms with E-state index in [2.05, 4.69) is 17.0 Å². The average Bonchev–Trinajstić information content (AvgIpc) is 2.66. The standard InChI is InChI=1S/C17H23NO3/c19-16(20)15-12-18(11-14-5-2-1-3-6-14)13-17(15)7-4-9-21-10-8-17/h1-3,5-6,15H,4,7-13H2,(H,19,20). The topological polar surface area (TPSA) is 49.8 Å². The van der Waals surface area contributed by atoms with Crippen molar-refractivity contribution in [3.05, 3.63) is 35.9 Å². The highest BCUT2D eigenvalue weighted by atomic mass is 16.5. The molecule has 0 radical (unpaired) electrons. The maximum Gasteiger partial charge on any atom is 0.308 e. The van der Waals surface area contributed by atoms with Gasteiger partial charge < -0.3 is 9.84 Å². The van der Waals surface area contributed by atoms with Crippen LogP contribution < -0.4 is 0 Å². The smallest absolute Gasteiger partial charge is 0.308 e. The van der Waals surface area contributed by atoms with Crippen LogP contribution in [-0.4, -0.2) is 42.3 Å². The summed E-state index contributed by atoms with van der Waals surface area (Å²) in [4.78, 5) is 14.0. The summed E-state index contributed by atoms with van der Waals surface area (Å²) in [6.07, 6.45) is 2.81. The Bertz CT molecular complexity index is 480. The van der Waals surface area contributed by atoms with Crippen molar-refractivity contribution >= 4 is 5.97 Å². The van der Waals surface area contributed by atoms with Gasteiger partial charge in [-0.1, -0.05) is 30.3 Å². The summed E-state index contributed by atoms with van der Waals surface area (Å²) in [6, 6.07) is 10.3. The lowest BCUT2D eigenvalue weighted by Gasteiger charge is -2.31. The molecular formula is C17H23NO3. The monoisotopic (exact) mass is 289 g/mol. The van der Waals surface area contributed by atoms with E-state index in [4.69, 9.17) is 4.74 Å². The minimum absolute atomic E-state index is 0.100. The lowest BCUT2D eigenvalue weighted by molar-refractivity contribution is -0.145. The third-order valence-corrected chi connectivity index (χ3v) is 4.97. The van der Waals surface area contributed by atoms with Crippen LogP contribution in [0.4, 0.5) is 0 Å². The summed E-state index contributed by atoms with van der Waals surface area (Å²) >= 11 is 0. The molecule has 0 aromatic heterocycles. The van der Waals surface area contributed by atoms with Crippen molar-refractivity contribution in [1.29, 1.82) is 0 Å². The van der Waals surface area contributed by atoms with Gasteiger partial charge in [-0.3, -0.25) is 9.69 Å². The molecule has 114 valence electrons. The number of aliphatic carboxylic acids is 1. The molecule has 0 aliphatic carbocycles. The molecule has 2 heterocycles. The summed E-state index contributed by atoms with van der Waals surface area (Å²) in [6.45, 7) is 3.84. The van der Waals surface area contributed by atoms with E-state index in [0.29, 0.717) is 13.2 Å². The van der Waals surface area contributed by atoms with Gasteiger partial charge in [-0.15, -0.1) is 0 Å². The molecule has 2 atom stereocenters. The van der Waals surface area contributed by atoms with Gasteiger partial charge in [0.2, 0.25) is 0 Å². The molecular weight excluding hydrogens is 266 g/mol. The van der Waals surface area contributed by atoms with Crippen molar-refractivity contribution in [2.45, 2.75) is 25.8 Å². The van der Waals surface area contributed by atoms with Gasteiger partial charge in [0.1, 0.15) is 0 Å². The van der Waals surface area contributed by atoms with Crippen molar-refractivity contribution in [3.63, 3.8) is 0 Å². The van der Waals surface area contributed by atoms with Crippen LogP contribution in [0.2, 0.25) is 0 Å². The number of nitrogens with zero attached hydrogens (tertiary/aromatic N) is 1. The number of carboxylic acid groups (broad SMARTS) is 1. The largest absolute Gasteiger partial charge is 0.481 e. The van der Waals surface area contributed by atoms with Crippen LogP contribution in [-0.2, 0) is 16.1 Å². The molecule has 1 spiro atoms. The highest BCUT2D eigenvalue weighted by Crippen LogP contribution is 2.44. The van der Waals surface area contributed by atoms with Crippen LogP contribution in [0.25, 0.3) is 0 Å². The van der Waals surface area contributed by atoms with E-state index in [9.17, 15) is 9.90 Å². The van der Waals surface area contributed by atoms with Gasteiger partial charge >= 0.3 is 5.97 Å². The van der Waals surface area contributed by atoms with Crippen molar-refractivity contribution in [2.24, 2.45) is 11.3 Å². The van der Waals surface area contributed by atoms with E-state index < -0.39 is 5.97 Å². The maximum atomic E-state index is 11.7. The Morgan fingerprint density at radius 3 is 2.86 bits per heavy atom. The summed E-state index contributed by atoms with van der Waals surface area (Å²) in [5, 5.41) is 9.64. The zero-order valence-electron chi connectivity index (χ0n) is 12.3. The van der Waals surface area contributed by atoms with Crippen molar-refractivity contribution in [1.82, 2.24) is 4.90 Å². The van der Waals surface area contributed by atoms with Crippen LogP contribution in [0.15, 0.2) is 30.3 Å². The van der Waals surface area contributed by atoms with E-state index >= 15 is 0 Å². The Morgan fingerprint density at radius 2 is 2.10 bits per heavy atom. The molecule has 1 aromatic carbocycles. The fourth-order valence-electron chi connectivity index (χ4n) is 3.91. The molecule has 2 aliphatic heterocycles. The molecule has 0 amide bonds. The third-order valence-electron chi connectivity index (χ3n) is 4.97. The van der Waals surface area contributed by atoms with Gasteiger partial charge in [0.15, 0.2) is 0 Å². The number of hydrogen-bond donors (Lipinski definition) is 1. The second kappa shape index (κ2) is 6.16. The normalized spacial score (nSPS) is 30.4. The predicted molar refractivity (Wildman–Crippen MR) is 79.9 cm³/mol. The maximum absolute atomic E-state index is 11.7. The Kier molecular flexibility index (Phi) is 4.27. The Hall–Kier alpha value is -1.39. The highest BCUT2D eigenvalue weighted by molar-refractivity contribution is 5.72. The second-order valence-electron chi connectivity index (χ2n) is 6.37. The zero-order valence-corrected chi connectivity index (χ0v) is 12.3. The van der Waals surface area contributed by atoms with E-state index in [1.54, 1.807) is 0 Å². The van der Waals surface area contributed by atoms with E-state index in [0.717, 1.165) is 39.0 Å². The minimum Gasteiger partial charge on any atom is -0.481 e. The number of ether oxygens (including phenoxy) is 1. The molecule has 3 rings (SSSR count).